The summed E-state index contributed by atoms with van der Waals surface area (Å²) in [7, 11) is 0. The molecule has 1 fully saturated rings. The molecule has 3 N–H and O–H groups in total. The van der Waals surface area contributed by atoms with E-state index in [2.05, 4.69) is 10.5 Å². The predicted octanol–water partition coefficient (Wildman–Crippen LogP) is 0.934. The second-order valence-electron chi connectivity index (χ2n) is 6.13. The number of aryl methyl sites for hydroxylation is 1. The predicted molar refractivity (Wildman–Crippen MR) is 90.6 cm³/mol. The van der Waals surface area contributed by atoms with E-state index >= 15 is 0 Å². The number of carbonyl (C=O) groups excluding carboxylic acids is 1. The summed E-state index contributed by atoms with van der Waals surface area (Å²) in [5.74, 6) is 0.633. The lowest BCUT2D eigenvalue weighted by Crippen LogP contribution is -2.51. The minimum atomic E-state index is -0.415. The highest BCUT2D eigenvalue weighted by Gasteiger charge is 2.31. The number of benzene rings is 1. The Balaban J connectivity index is 1.69. The molecule has 1 aliphatic rings. The Morgan fingerprint density at radius 2 is 2.08 bits per heavy atom. The molecule has 0 unspecified atom stereocenters. The van der Waals surface area contributed by atoms with Crippen molar-refractivity contribution < 1.29 is 29.0 Å². The second-order valence-corrected chi connectivity index (χ2v) is 6.13. The zero-order valence-corrected chi connectivity index (χ0v) is 14.5. The molecule has 0 spiro atoms. The van der Waals surface area contributed by atoms with Gasteiger partial charge in [0.1, 0.15) is 17.6 Å². The maximum atomic E-state index is 12.5. The SMILES string of the molecule is Cc1onc(C(=O)N[C@@H]2CCOC[C@H]2Oc2ccc(CO)cc2)c1CO. The molecule has 0 aliphatic carbocycles. The van der Waals surface area contributed by atoms with Crippen molar-refractivity contribution in [3.05, 3.63) is 46.8 Å². The first-order valence-corrected chi connectivity index (χ1v) is 8.43. The van der Waals surface area contributed by atoms with Crippen molar-refractivity contribution in [3.63, 3.8) is 0 Å². The lowest BCUT2D eigenvalue weighted by atomic mass is 10.1. The monoisotopic (exact) mass is 362 g/mol. The summed E-state index contributed by atoms with van der Waals surface area (Å²) in [6.07, 6.45) is 0.231. The van der Waals surface area contributed by atoms with E-state index in [1.165, 1.54) is 0 Å². The molecule has 1 aromatic carbocycles. The van der Waals surface area contributed by atoms with E-state index in [9.17, 15) is 9.90 Å². The maximum absolute atomic E-state index is 12.5. The lowest BCUT2D eigenvalue weighted by Gasteiger charge is -2.32. The van der Waals surface area contributed by atoms with Gasteiger partial charge in [-0.2, -0.15) is 0 Å². The van der Waals surface area contributed by atoms with Crippen LogP contribution in [0.15, 0.2) is 28.8 Å². The summed E-state index contributed by atoms with van der Waals surface area (Å²) in [6, 6.07) is 6.82. The van der Waals surface area contributed by atoms with Crippen molar-refractivity contribution in [2.24, 2.45) is 0 Å². The normalized spacial score (nSPS) is 20.0. The minimum absolute atomic E-state index is 0.0319. The Morgan fingerprint density at radius 1 is 1.31 bits per heavy atom. The Labute approximate surface area is 150 Å². The first kappa shape index (κ1) is 18.4. The van der Waals surface area contributed by atoms with Crippen LogP contribution in [0.4, 0.5) is 0 Å². The van der Waals surface area contributed by atoms with Gasteiger partial charge in [0, 0.05) is 6.61 Å². The maximum Gasteiger partial charge on any atom is 0.274 e. The largest absolute Gasteiger partial charge is 0.486 e. The highest BCUT2D eigenvalue weighted by Crippen LogP contribution is 2.20. The summed E-state index contributed by atoms with van der Waals surface area (Å²) in [6.45, 7) is 2.15. The van der Waals surface area contributed by atoms with Crippen LogP contribution in [-0.2, 0) is 18.0 Å². The van der Waals surface area contributed by atoms with Gasteiger partial charge in [-0.1, -0.05) is 17.3 Å². The van der Waals surface area contributed by atoms with Crippen LogP contribution in [0.3, 0.4) is 0 Å². The van der Waals surface area contributed by atoms with Gasteiger partial charge in [-0.05, 0) is 31.0 Å². The van der Waals surface area contributed by atoms with Gasteiger partial charge in [-0.3, -0.25) is 4.79 Å². The summed E-state index contributed by atoms with van der Waals surface area (Å²) >= 11 is 0. The molecule has 0 saturated carbocycles. The molecule has 0 bridgehead atoms. The van der Waals surface area contributed by atoms with Crippen LogP contribution >= 0.6 is 0 Å². The third kappa shape index (κ3) is 4.04. The number of aromatic nitrogens is 1. The van der Waals surface area contributed by atoms with Crippen LogP contribution in [0.25, 0.3) is 0 Å². The summed E-state index contributed by atoms with van der Waals surface area (Å²) < 4.78 is 16.4. The first-order valence-electron chi connectivity index (χ1n) is 8.43. The van der Waals surface area contributed by atoms with E-state index in [4.69, 9.17) is 19.1 Å². The fourth-order valence-electron chi connectivity index (χ4n) is 2.83. The van der Waals surface area contributed by atoms with Crippen molar-refractivity contribution in [1.29, 1.82) is 0 Å². The Bertz CT molecular complexity index is 743. The number of ether oxygens (including phenoxy) is 2. The number of aliphatic hydroxyl groups is 2. The molecule has 1 saturated heterocycles. The third-order valence-corrected chi connectivity index (χ3v) is 4.37. The van der Waals surface area contributed by atoms with E-state index < -0.39 is 5.91 Å². The molecule has 140 valence electrons. The molecule has 26 heavy (non-hydrogen) atoms. The van der Waals surface area contributed by atoms with E-state index in [0.717, 1.165) is 5.56 Å². The zero-order valence-electron chi connectivity index (χ0n) is 14.5. The molecular formula is C18H22N2O6. The molecule has 1 aliphatic heterocycles. The van der Waals surface area contributed by atoms with Gasteiger partial charge >= 0.3 is 0 Å². The third-order valence-electron chi connectivity index (χ3n) is 4.37. The van der Waals surface area contributed by atoms with Crippen molar-refractivity contribution in [1.82, 2.24) is 10.5 Å². The Kier molecular flexibility index (Phi) is 5.87. The van der Waals surface area contributed by atoms with Crippen molar-refractivity contribution in [2.75, 3.05) is 13.2 Å². The average molecular weight is 362 g/mol. The van der Waals surface area contributed by atoms with Crippen LogP contribution < -0.4 is 10.1 Å². The molecule has 0 radical (unpaired) electrons. The van der Waals surface area contributed by atoms with Crippen molar-refractivity contribution in [2.45, 2.75) is 38.7 Å². The minimum Gasteiger partial charge on any atom is -0.486 e. The number of nitrogens with zero attached hydrogens (tertiary/aromatic N) is 1. The van der Waals surface area contributed by atoms with E-state index in [1.54, 1.807) is 31.2 Å². The number of nitrogens with one attached hydrogen (secondary N) is 1. The molecule has 2 atom stereocenters. The van der Waals surface area contributed by atoms with E-state index in [-0.39, 0.29) is 31.1 Å². The fourth-order valence-corrected chi connectivity index (χ4v) is 2.83. The fraction of sp³-hybridized carbons (Fsp3) is 0.444. The van der Waals surface area contributed by atoms with Crippen LogP contribution in [0, 0.1) is 6.92 Å². The van der Waals surface area contributed by atoms with Crippen molar-refractivity contribution >= 4 is 5.91 Å². The molecular weight excluding hydrogens is 340 g/mol. The summed E-state index contributed by atoms with van der Waals surface area (Å²) in [4.78, 5) is 12.5. The molecule has 2 heterocycles. The Hall–Kier alpha value is -2.42. The molecule has 1 aromatic heterocycles. The summed E-state index contributed by atoms with van der Waals surface area (Å²) in [5.41, 5.74) is 1.26. The number of hydrogen-bond donors (Lipinski definition) is 3. The van der Waals surface area contributed by atoms with Crippen LogP contribution in [0.1, 0.15) is 33.8 Å². The van der Waals surface area contributed by atoms with Gasteiger partial charge in [0.2, 0.25) is 0 Å². The first-order chi connectivity index (χ1) is 12.6. The number of carbonyl (C=O) groups is 1. The molecule has 2 aromatic rings. The number of amides is 1. The quantitative estimate of drug-likeness (QED) is 0.700. The molecule has 8 heteroatoms. The molecule has 8 nitrogen and oxygen atoms in total. The van der Waals surface area contributed by atoms with Gasteiger partial charge in [0.05, 0.1) is 31.4 Å². The average Bonchev–Trinajstić information content (AvgIpc) is 3.04. The van der Waals surface area contributed by atoms with Crippen molar-refractivity contribution in [3.8, 4) is 5.75 Å². The highest BCUT2D eigenvalue weighted by atomic mass is 16.5. The van der Waals surface area contributed by atoms with Crippen LogP contribution in [0.5, 0.6) is 5.75 Å². The van der Waals surface area contributed by atoms with Gasteiger partial charge in [0.15, 0.2) is 5.69 Å². The number of rotatable bonds is 6. The van der Waals surface area contributed by atoms with Gasteiger partial charge in [0.25, 0.3) is 5.91 Å². The smallest absolute Gasteiger partial charge is 0.274 e. The second kappa shape index (κ2) is 8.31. The van der Waals surface area contributed by atoms with Crippen LogP contribution in [-0.4, -0.2) is 46.6 Å². The lowest BCUT2D eigenvalue weighted by molar-refractivity contribution is -0.0136. The number of hydrogen-bond acceptors (Lipinski definition) is 7. The topological polar surface area (TPSA) is 114 Å². The highest BCUT2D eigenvalue weighted by molar-refractivity contribution is 5.94. The molecule has 1 amide bonds. The standard InChI is InChI=1S/C18H22N2O6/c1-11-14(9-22)17(20-26-11)18(23)19-15-6-7-24-10-16(15)25-13-4-2-12(8-21)3-5-13/h2-5,15-16,21-22H,6-10H2,1H3,(H,19,23)/t15-,16-/m1/s1. The van der Waals surface area contributed by atoms with E-state index in [0.29, 0.717) is 36.7 Å². The van der Waals surface area contributed by atoms with Gasteiger partial charge < -0.3 is 29.5 Å². The van der Waals surface area contributed by atoms with Gasteiger partial charge in [-0.25, -0.2) is 0 Å². The summed E-state index contributed by atoms with van der Waals surface area (Å²) in [5, 5.41) is 25.1. The molecule has 3 rings (SSSR count). The Morgan fingerprint density at radius 3 is 2.77 bits per heavy atom. The van der Waals surface area contributed by atoms with Gasteiger partial charge in [-0.15, -0.1) is 0 Å². The van der Waals surface area contributed by atoms with E-state index in [1.807, 2.05) is 0 Å². The zero-order chi connectivity index (χ0) is 18.5. The van der Waals surface area contributed by atoms with Crippen LogP contribution in [0.2, 0.25) is 0 Å². The number of aliphatic hydroxyl groups excluding tert-OH is 2.